The summed E-state index contributed by atoms with van der Waals surface area (Å²) >= 11 is 2.96. The van der Waals surface area contributed by atoms with Gasteiger partial charge < -0.3 is 10.2 Å². The van der Waals surface area contributed by atoms with Gasteiger partial charge >= 0.3 is 0 Å². The number of rotatable bonds is 2. The number of aliphatic hydroxyl groups is 1. The van der Waals surface area contributed by atoms with Gasteiger partial charge in [0.2, 0.25) is 0 Å². The zero-order valence-electron chi connectivity index (χ0n) is 6.34. The highest BCUT2D eigenvalue weighted by atomic mass is 79.9. The summed E-state index contributed by atoms with van der Waals surface area (Å²) in [4.78, 5) is 3.33. The monoisotopic (exact) mass is 253 g/mol. The second kappa shape index (κ2) is 3.97. The van der Waals surface area contributed by atoms with Crippen molar-refractivity contribution in [1.82, 2.24) is 4.98 Å². The Morgan fingerprint density at radius 3 is 2.62 bits per heavy atom. The van der Waals surface area contributed by atoms with Gasteiger partial charge in [0.1, 0.15) is 11.4 Å². The number of halogens is 3. The topological polar surface area (TPSA) is 53.4 Å². The maximum atomic E-state index is 12.2. The number of aromatic hydroxyl groups is 1. The first-order valence-corrected chi connectivity index (χ1v) is 4.12. The molecule has 3 nitrogen and oxygen atoms in total. The fraction of sp³-hybridized carbons (Fsp3) is 0.286. The quantitative estimate of drug-likeness (QED) is 0.848. The van der Waals surface area contributed by atoms with Gasteiger partial charge in [0.15, 0.2) is 0 Å². The van der Waals surface area contributed by atoms with E-state index in [9.17, 15) is 13.9 Å². The Kier molecular flexibility index (Phi) is 3.16. The number of aliphatic hydroxyl groups excluding tert-OH is 1. The molecule has 2 N–H and O–H groups in total. The normalized spacial score (nSPS) is 10.8. The number of pyridine rings is 1. The third-order valence-corrected chi connectivity index (χ3v) is 2.18. The van der Waals surface area contributed by atoms with Gasteiger partial charge in [-0.05, 0) is 15.9 Å². The Morgan fingerprint density at radius 2 is 2.15 bits per heavy atom. The Bertz CT molecular complexity index is 320. The number of hydrogen-bond acceptors (Lipinski definition) is 3. The van der Waals surface area contributed by atoms with E-state index in [1.165, 1.54) is 0 Å². The molecule has 0 aliphatic carbocycles. The summed E-state index contributed by atoms with van der Waals surface area (Å²) in [5.74, 6) is -0.660. The first-order chi connectivity index (χ1) is 6.07. The molecule has 72 valence electrons. The second-order valence-electron chi connectivity index (χ2n) is 2.28. The van der Waals surface area contributed by atoms with Crippen molar-refractivity contribution in [2.75, 3.05) is 0 Å². The van der Waals surface area contributed by atoms with Crippen LogP contribution in [0.1, 0.15) is 17.7 Å². The standard InChI is InChI=1S/C7H6BrF2NO2/c8-4-1-11-5(7(9)10)6(13)3(4)2-12/h1,7,12-13H,2H2. The molecule has 0 aromatic carbocycles. The molecule has 0 spiro atoms. The average molecular weight is 254 g/mol. The summed E-state index contributed by atoms with van der Waals surface area (Å²) in [7, 11) is 0. The lowest BCUT2D eigenvalue weighted by Crippen LogP contribution is -1.96. The van der Waals surface area contributed by atoms with Crippen LogP contribution in [0, 0.1) is 0 Å². The van der Waals surface area contributed by atoms with Crippen LogP contribution in [0.4, 0.5) is 8.78 Å². The lowest BCUT2D eigenvalue weighted by atomic mass is 10.2. The number of alkyl halides is 2. The van der Waals surface area contributed by atoms with Crippen LogP contribution in [0.25, 0.3) is 0 Å². The second-order valence-corrected chi connectivity index (χ2v) is 3.13. The largest absolute Gasteiger partial charge is 0.505 e. The summed E-state index contributed by atoms with van der Waals surface area (Å²) in [5, 5.41) is 18.0. The summed E-state index contributed by atoms with van der Waals surface area (Å²) in [5.41, 5.74) is -0.697. The van der Waals surface area contributed by atoms with Crippen LogP contribution in [0.5, 0.6) is 5.75 Å². The van der Waals surface area contributed by atoms with E-state index in [0.717, 1.165) is 6.20 Å². The van der Waals surface area contributed by atoms with Crippen LogP contribution in [-0.4, -0.2) is 15.2 Å². The van der Waals surface area contributed by atoms with Gasteiger partial charge in [-0.25, -0.2) is 8.78 Å². The molecule has 0 unspecified atom stereocenters. The van der Waals surface area contributed by atoms with Gasteiger partial charge in [-0.15, -0.1) is 0 Å². The smallest absolute Gasteiger partial charge is 0.284 e. The highest BCUT2D eigenvalue weighted by molar-refractivity contribution is 9.10. The molecule has 0 amide bonds. The molecule has 0 saturated heterocycles. The first kappa shape index (κ1) is 10.3. The van der Waals surface area contributed by atoms with Crippen molar-refractivity contribution < 1.29 is 19.0 Å². The van der Waals surface area contributed by atoms with E-state index in [4.69, 9.17) is 5.11 Å². The third kappa shape index (κ3) is 1.94. The maximum Gasteiger partial charge on any atom is 0.284 e. The van der Waals surface area contributed by atoms with Crippen LogP contribution in [0.2, 0.25) is 0 Å². The predicted octanol–water partition coefficient (Wildman–Crippen LogP) is 1.98. The van der Waals surface area contributed by atoms with Crippen molar-refractivity contribution in [3.8, 4) is 5.75 Å². The maximum absolute atomic E-state index is 12.2. The van der Waals surface area contributed by atoms with Gasteiger partial charge in [0.05, 0.1) is 6.61 Å². The average Bonchev–Trinajstić information content (AvgIpc) is 2.04. The van der Waals surface area contributed by atoms with E-state index < -0.39 is 24.5 Å². The Morgan fingerprint density at radius 1 is 1.54 bits per heavy atom. The highest BCUT2D eigenvalue weighted by Gasteiger charge is 2.18. The van der Waals surface area contributed by atoms with Crippen LogP contribution in [-0.2, 0) is 6.61 Å². The molecule has 0 atom stereocenters. The number of nitrogens with zero attached hydrogens (tertiary/aromatic N) is 1. The van der Waals surface area contributed by atoms with Crippen LogP contribution in [0.3, 0.4) is 0 Å². The van der Waals surface area contributed by atoms with Crippen molar-refractivity contribution in [1.29, 1.82) is 0 Å². The minimum absolute atomic E-state index is 0.0188. The fourth-order valence-corrected chi connectivity index (χ4v) is 1.26. The molecule has 0 aliphatic heterocycles. The molecule has 13 heavy (non-hydrogen) atoms. The fourth-order valence-electron chi connectivity index (χ4n) is 0.843. The number of hydrogen-bond donors (Lipinski definition) is 2. The van der Waals surface area contributed by atoms with Crippen LogP contribution < -0.4 is 0 Å². The number of aromatic nitrogens is 1. The highest BCUT2D eigenvalue weighted by Crippen LogP contribution is 2.33. The molecular weight excluding hydrogens is 248 g/mol. The summed E-state index contributed by atoms with van der Waals surface area (Å²) in [6, 6.07) is 0. The Hall–Kier alpha value is -0.750. The molecule has 0 radical (unpaired) electrons. The van der Waals surface area contributed by atoms with Gasteiger partial charge in [-0.3, -0.25) is 4.98 Å². The molecular formula is C7H6BrF2NO2. The van der Waals surface area contributed by atoms with Gasteiger partial charge in [-0.2, -0.15) is 0 Å². The molecule has 6 heteroatoms. The van der Waals surface area contributed by atoms with Crippen molar-refractivity contribution in [3.05, 3.63) is 21.9 Å². The van der Waals surface area contributed by atoms with Crippen molar-refractivity contribution in [2.45, 2.75) is 13.0 Å². The zero-order valence-corrected chi connectivity index (χ0v) is 7.92. The minimum Gasteiger partial charge on any atom is -0.505 e. The molecule has 0 aliphatic rings. The molecule has 1 aromatic heterocycles. The van der Waals surface area contributed by atoms with E-state index in [1.807, 2.05) is 0 Å². The molecule has 1 heterocycles. The van der Waals surface area contributed by atoms with Gasteiger partial charge in [0.25, 0.3) is 6.43 Å². The minimum atomic E-state index is -2.85. The SMILES string of the molecule is OCc1c(Br)cnc(C(F)F)c1O. The van der Waals surface area contributed by atoms with E-state index in [0.29, 0.717) is 4.47 Å². The molecule has 0 bridgehead atoms. The van der Waals surface area contributed by atoms with E-state index in [1.54, 1.807) is 0 Å². The van der Waals surface area contributed by atoms with E-state index in [2.05, 4.69) is 20.9 Å². The molecule has 0 saturated carbocycles. The Labute approximate surface area is 81.2 Å². The zero-order chi connectivity index (χ0) is 10.0. The molecule has 0 fully saturated rings. The summed E-state index contributed by atoms with van der Waals surface area (Å²) in [6.45, 7) is -0.519. The van der Waals surface area contributed by atoms with E-state index in [-0.39, 0.29) is 5.56 Å². The van der Waals surface area contributed by atoms with Gasteiger partial charge in [-0.1, -0.05) is 0 Å². The van der Waals surface area contributed by atoms with Crippen LogP contribution >= 0.6 is 15.9 Å². The summed E-state index contributed by atoms with van der Waals surface area (Å²) in [6.07, 6.45) is -1.73. The van der Waals surface area contributed by atoms with Crippen molar-refractivity contribution in [3.63, 3.8) is 0 Å². The predicted molar refractivity (Wildman–Crippen MR) is 44.5 cm³/mol. The molecule has 1 aromatic rings. The van der Waals surface area contributed by atoms with E-state index >= 15 is 0 Å². The lowest BCUT2D eigenvalue weighted by Gasteiger charge is -2.07. The lowest BCUT2D eigenvalue weighted by molar-refractivity contribution is 0.141. The van der Waals surface area contributed by atoms with Gasteiger partial charge in [0, 0.05) is 16.2 Å². The first-order valence-electron chi connectivity index (χ1n) is 3.33. The Balaban J connectivity index is 3.27. The van der Waals surface area contributed by atoms with Crippen LogP contribution in [0.15, 0.2) is 10.7 Å². The molecule has 1 rings (SSSR count). The van der Waals surface area contributed by atoms with Crippen molar-refractivity contribution >= 4 is 15.9 Å². The third-order valence-electron chi connectivity index (χ3n) is 1.50. The summed E-state index contributed by atoms with van der Waals surface area (Å²) < 4.78 is 24.6. The van der Waals surface area contributed by atoms with Crippen molar-refractivity contribution in [2.24, 2.45) is 0 Å².